The molecular formula is C18H20N4O2. The molecule has 2 aromatic heterocycles. The van der Waals surface area contributed by atoms with Gasteiger partial charge in [0.25, 0.3) is 0 Å². The van der Waals surface area contributed by atoms with Crippen molar-refractivity contribution in [3.63, 3.8) is 0 Å². The summed E-state index contributed by atoms with van der Waals surface area (Å²) in [5.74, 6) is -1.07. The monoisotopic (exact) mass is 324 g/mol. The molecule has 3 rings (SSSR count). The van der Waals surface area contributed by atoms with Gasteiger partial charge in [0, 0.05) is 11.1 Å². The number of carboxylic acids is 1. The largest absolute Gasteiger partial charge is 0.476 e. The Morgan fingerprint density at radius 3 is 2.71 bits per heavy atom. The van der Waals surface area contributed by atoms with Crippen LogP contribution in [-0.2, 0) is 6.42 Å². The molecule has 0 fully saturated rings. The number of aromatic nitrogens is 4. The van der Waals surface area contributed by atoms with E-state index in [1.807, 2.05) is 19.1 Å². The van der Waals surface area contributed by atoms with E-state index < -0.39 is 5.97 Å². The van der Waals surface area contributed by atoms with Crippen LogP contribution >= 0.6 is 0 Å². The maximum absolute atomic E-state index is 11.2. The summed E-state index contributed by atoms with van der Waals surface area (Å²) in [6.45, 7) is 5.80. The lowest BCUT2D eigenvalue weighted by molar-refractivity contribution is 0.0689. The summed E-state index contributed by atoms with van der Waals surface area (Å²) in [5.41, 5.74) is 4.26. The van der Waals surface area contributed by atoms with E-state index in [0.29, 0.717) is 5.69 Å². The summed E-state index contributed by atoms with van der Waals surface area (Å²) in [6, 6.07) is 8.15. The SMILES string of the molecule is CCCCc1ccc2nc(C)cc(-n3nnc(C(=O)O)c3C)c2c1. The van der Waals surface area contributed by atoms with Crippen molar-refractivity contribution in [3.8, 4) is 5.69 Å². The second kappa shape index (κ2) is 6.39. The molecular weight excluding hydrogens is 304 g/mol. The number of fused-ring (bicyclic) bond motifs is 1. The second-order valence-electron chi connectivity index (χ2n) is 5.98. The summed E-state index contributed by atoms with van der Waals surface area (Å²) in [7, 11) is 0. The highest BCUT2D eigenvalue weighted by molar-refractivity contribution is 5.89. The zero-order valence-electron chi connectivity index (χ0n) is 14.1. The number of hydrogen-bond acceptors (Lipinski definition) is 4. The van der Waals surface area contributed by atoms with E-state index in [4.69, 9.17) is 0 Å². The predicted octanol–water partition coefficient (Wildman–Crippen LogP) is 3.47. The lowest BCUT2D eigenvalue weighted by Gasteiger charge is -2.11. The lowest BCUT2D eigenvalue weighted by Crippen LogP contribution is -2.04. The van der Waals surface area contributed by atoms with Crippen LogP contribution in [0.4, 0.5) is 0 Å². The van der Waals surface area contributed by atoms with Gasteiger partial charge >= 0.3 is 5.97 Å². The summed E-state index contributed by atoms with van der Waals surface area (Å²) in [6.07, 6.45) is 3.28. The van der Waals surface area contributed by atoms with Crippen molar-refractivity contribution in [1.29, 1.82) is 0 Å². The fourth-order valence-corrected chi connectivity index (χ4v) is 2.85. The van der Waals surface area contributed by atoms with E-state index in [1.54, 1.807) is 11.6 Å². The highest BCUT2D eigenvalue weighted by atomic mass is 16.4. The van der Waals surface area contributed by atoms with Crippen molar-refractivity contribution in [2.24, 2.45) is 0 Å². The Kier molecular flexibility index (Phi) is 4.29. The fourth-order valence-electron chi connectivity index (χ4n) is 2.85. The third-order valence-electron chi connectivity index (χ3n) is 4.12. The first kappa shape index (κ1) is 16.1. The summed E-state index contributed by atoms with van der Waals surface area (Å²) in [4.78, 5) is 15.8. The van der Waals surface area contributed by atoms with Crippen LogP contribution < -0.4 is 0 Å². The van der Waals surface area contributed by atoms with Gasteiger partial charge in [-0.1, -0.05) is 24.6 Å². The smallest absolute Gasteiger partial charge is 0.358 e. The molecule has 1 aromatic carbocycles. The minimum atomic E-state index is -1.07. The molecule has 0 aliphatic rings. The van der Waals surface area contributed by atoms with Gasteiger partial charge in [-0.25, -0.2) is 9.48 Å². The Balaban J connectivity index is 2.20. The molecule has 0 saturated carbocycles. The lowest BCUT2D eigenvalue weighted by atomic mass is 10.0. The molecule has 124 valence electrons. The Hall–Kier alpha value is -2.76. The van der Waals surface area contributed by atoms with Gasteiger partial charge in [0.2, 0.25) is 0 Å². The molecule has 0 saturated heterocycles. The highest BCUT2D eigenvalue weighted by Gasteiger charge is 2.18. The molecule has 24 heavy (non-hydrogen) atoms. The van der Waals surface area contributed by atoms with Crippen molar-refractivity contribution in [2.75, 3.05) is 0 Å². The highest BCUT2D eigenvalue weighted by Crippen LogP contribution is 2.25. The Bertz CT molecular complexity index is 915. The number of rotatable bonds is 5. The van der Waals surface area contributed by atoms with Gasteiger partial charge in [-0.2, -0.15) is 0 Å². The van der Waals surface area contributed by atoms with Gasteiger partial charge in [0.1, 0.15) is 0 Å². The molecule has 0 spiro atoms. The fraction of sp³-hybridized carbons (Fsp3) is 0.333. The first-order chi connectivity index (χ1) is 11.5. The van der Waals surface area contributed by atoms with Crippen molar-refractivity contribution in [2.45, 2.75) is 40.0 Å². The van der Waals surface area contributed by atoms with Crippen LogP contribution in [0.15, 0.2) is 24.3 Å². The first-order valence-electron chi connectivity index (χ1n) is 8.07. The Morgan fingerprint density at radius 2 is 2.04 bits per heavy atom. The van der Waals surface area contributed by atoms with Crippen LogP contribution in [0, 0.1) is 13.8 Å². The number of carboxylic acid groups (broad SMARTS) is 1. The van der Waals surface area contributed by atoms with Crippen molar-refractivity contribution >= 4 is 16.9 Å². The zero-order chi connectivity index (χ0) is 17.3. The molecule has 0 bridgehead atoms. The molecule has 1 N–H and O–H groups in total. The van der Waals surface area contributed by atoms with E-state index >= 15 is 0 Å². The standard InChI is InChI=1S/C18H20N4O2/c1-4-5-6-13-7-8-15-14(10-13)16(9-11(2)19-15)22-12(3)17(18(23)24)20-21-22/h7-10H,4-6H2,1-3H3,(H,23,24). The van der Waals surface area contributed by atoms with E-state index in [-0.39, 0.29) is 5.69 Å². The third-order valence-corrected chi connectivity index (χ3v) is 4.12. The van der Waals surface area contributed by atoms with Crippen molar-refractivity contribution in [3.05, 3.63) is 46.9 Å². The van der Waals surface area contributed by atoms with Crippen LogP contribution in [0.3, 0.4) is 0 Å². The normalized spacial score (nSPS) is 11.1. The summed E-state index contributed by atoms with van der Waals surface area (Å²) >= 11 is 0. The Labute approximate surface area is 140 Å². The molecule has 3 aromatic rings. The van der Waals surface area contributed by atoms with E-state index in [1.165, 1.54) is 5.56 Å². The number of unbranched alkanes of at least 4 members (excludes halogenated alkanes) is 1. The van der Waals surface area contributed by atoms with E-state index in [2.05, 4.69) is 34.4 Å². The van der Waals surface area contributed by atoms with Crippen LogP contribution in [-0.4, -0.2) is 31.1 Å². The number of aromatic carboxylic acids is 1. The number of hydrogen-bond donors (Lipinski definition) is 1. The molecule has 0 aliphatic heterocycles. The van der Waals surface area contributed by atoms with Gasteiger partial charge in [-0.05, 0) is 50.5 Å². The summed E-state index contributed by atoms with van der Waals surface area (Å²) in [5, 5.41) is 18.0. The molecule has 0 amide bonds. The average molecular weight is 324 g/mol. The van der Waals surface area contributed by atoms with Crippen LogP contribution in [0.1, 0.15) is 47.2 Å². The predicted molar refractivity (Wildman–Crippen MR) is 91.7 cm³/mol. The topological polar surface area (TPSA) is 80.9 Å². The molecule has 2 heterocycles. The van der Waals surface area contributed by atoms with Crippen molar-refractivity contribution in [1.82, 2.24) is 20.0 Å². The molecule has 0 radical (unpaired) electrons. The number of nitrogens with zero attached hydrogens (tertiary/aromatic N) is 4. The van der Waals surface area contributed by atoms with Gasteiger partial charge in [-0.15, -0.1) is 5.10 Å². The minimum Gasteiger partial charge on any atom is -0.476 e. The first-order valence-corrected chi connectivity index (χ1v) is 8.07. The number of carbonyl (C=O) groups is 1. The van der Waals surface area contributed by atoms with Crippen LogP contribution in [0.5, 0.6) is 0 Å². The number of aryl methyl sites for hydroxylation is 2. The molecule has 0 unspecified atom stereocenters. The quantitative estimate of drug-likeness (QED) is 0.777. The van der Waals surface area contributed by atoms with Gasteiger partial charge in [0.05, 0.1) is 16.9 Å². The average Bonchev–Trinajstić information content (AvgIpc) is 2.93. The molecule has 0 aliphatic carbocycles. The second-order valence-corrected chi connectivity index (χ2v) is 5.98. The summed E-state index contributed by atoms with van der Waals surface area (Å²) < 4.78 is 1.59. The zero-order valence-corrected chi connectivity index (χ0v) is 14.1. The third kappa shape index (κ3) is 2.87. The van der Waals surface area contributed by atoms with Crippen molar-refractivity contribution < 1.29 is 9.90 Å². The Morgan fingerprint density at radius 1 is 1.25 bits per heavy atom. The molecule has 6 heteroatoms. The maximum atomic E-state index is 11.2. The van der Waals surface area contributed by atoms with Gasteiger partial charge in [-0.3, -0.25) is 4.98 Å². The molecule has 6 nitrogen and oxygen atoms in total. The minimum absolute atomic E-state index is 0.0280. The maximum Gasteiger partial charge on any atom is 0.358 e. The van der Waals surface area contributed by atoms with Gasteiger partial charge < -0.3 is 5.11 Å². The van der Waals surface area contributed by atoms with E-state index in [9.17, 15) is 9.90 Å². The molecule has 0 atom stereocenters. The van der Waals surface area contributed by atoms with Crippen LogP contribution in [0.2, 0.25) is 0 Å². The number of pyridine rings is 1. The van der Waals surface area contributed by atoms with Crippen LogP contribution in [0.25, 0.3) is 16.6 Å². The number of benzene rings is 1. The van der Waals surface area contributed by atoms with Gasteiger partial charge in [0.15, 0.2) is 5.69 Å². The van der Waals surface area contributed by atoms with E-state index in [0.717, 1.165) is 41.5 Å².